The van der Waals surface area contributed by atoms with Crippen LogP contribution in [0.25, 0.3) is 0 Å². The summed E-state index contributed by atoms with van der Waals surface area (Å²) in [4.78, 5) is 29.1. The lowest BCUT2D eigenvalue weighted by Gasteiger charge is -2.20. The van der Waals surface area contributed by atoms with Crippen LogP contribution in [-0.4, -0.2) is 46.1 Å². The number of hydrogen-bond donors (Lipinski definition) is 1. The molecule has 0 saturated heterocycles. The second-order valence-corrected chi connectivity index (χ2v) is 4.64. The maximum absolute atomic E-state index is 12.1. The van der Waals surface area contributed by atoms with Crippen LogP contribution in [0, 0.1) is 0 Å². The molecule has 0 atom stereocenters. The molecular weight excluding hydrogens is 260 g/mol. The molecule has 0 bridgehead atoms. The summed E-state index contributed by atoms with van der Waals surface area (Å²) in [5.41, 5.74) is 1.03. The lowest BCUT2D eigenvalue weighted by molar-refractivity contribution is -0.142. The van der Waals surface area contributed by atoms with E-state index in [-0.39, 0.29) is 18.4 Å². The molecule has 2 heterocycles. The lowest BCUT2D eigenvalue weighted by Crippen LogP contribution is -2.40. The minimum Gasteiger partial charge on any atom is -0.466 e. The quantitative estimate of drug-likeness (QED) is 0.826. The normalized spacial score (nSPS) is 14.3. The number of aromatic nitrogens is 2. The van der Waals surface area contributed by atoms with E-state index in [0.717, 1.165) is 18.7 Å². The van der Waals surface area contributed by atoms with Gasteiger partial charge in [0, 0.05) is 25.8 Å². The number of hydrogen-bond acceptors (Lipinski definition) is 4. The summed E-state index contributed by atoms with van der Waals surface area (Å²) in [5, 5.41) is 2.75. The van der Waals surface area contributed by atoms with Crippen molar-refractivity contribution in [1.82, 2.24) is 19.8 Å². The van der Waals surface area contributed by atoms with Crippen LogP contribution in [0.1, 0.15) is 25.5 Å². The second kappa shape index (κ2) is 6.93. The van der Waals surface area contributed by atoms with Crippen molar-refractivity contribution in [1.29, 1.82) is 0 Å². The van der Waals surface area contributed by atoms with E-state index in [0.29, 0.717) is 26.2 Å². The average Bonchev–Trinajstić information content (AvgIpc) is 2.76. The number of carbonyl (C=O) groups excluding carboxylic acids is 2. The van der Waals surface area contributed by atoms with Crippen molar-refractivity contribution in [2.45, 2.75) is 32.9 Å². The summed E-state index contributed by atoms with van der Waals surface area (Å²) in [6, 6.07) is -0.149. The second-order valence-electron chi connectivity index (χ2n) is 4.64. The molecule has 1 aromatic heterocycles. The Morgan fingerprint density at radius 3 is 3.10 bits per heavy atom. The van der Waals surface area contributed by atoms with E-state index in [4.69, 9.17) is 4.74 Å². The van der Waals surface area contributed by atoms with E-state index >= 15 is 0 Å². The highest BCUT2D eigenvalue weighted by molar-refractivity contribution is 5.75. The zero-order chi connectivity index (χ0) is 14.4. The summed E-state index contributed by atoms with van der Waals surface area (Å²) in [5.74, 6) is -0.290. The van der Waals surface area contributed by atoms with Gasteiger partial charge >= 0.3 is 12.0 Å². The summed E-state index contributed by atoms with van der Waals surface area (Å²) in [6.45, 7) is 4.55. The number of nitrogens with zero attached hydrogens (tertiary/aromatic N) is 3. The number of ether oxygens (including phenoxy) is 1. The molecule has 1 aliphatic rings. The zero-order valence-electron chi connectivity index (χ0n) is 11.7. The molecule has 0 unspecified atom stereocenters. The fourth-order valence-corrected chi connectivity index (χ4v) is 2.18. The third kappa shape index (κ3) is 3.72. The van der Waals surface area contributed by atoms with E-state index in [9.17, 15) is 9.59 Å². The smallest absolute Gasteiger partial charge is 0.317 e. The van der Waals surface area contributed by atoms with Gasteiger partial charge in [0.25, 0.3) is 0 Å². The van der Waals surface area contributed by atoms with E-state index in [2.05, 4.69) is 14.9 Å². The molecule has 20 heavy (non-hydrogen) atoms. The summed E-state index contributed by atoms with van der Waals surface area (Å²) in [6.07, 6.45) is 4.67. The van der Waals surface area contributed by atoms with Gasteiger partial charge in [-0.1, -0.05) is 0 Å². The molecule has 7 nitrogen and oxygen atoms in total. The topological polar surface area (TPSA) is 76.5 Å². The van der Waals surface area contributed by atoms with Gasteiger partial charge in [0.2, 0.25) is 0 Å². The lowest BCUT2D eigenvalue weighted by atomic mass is 10.4. The number of imidazole rings is 1. The first kappa shape index (κ1) is 14.4. The van der Waals surface area contributed by atoms with Gasteiger partial charge in [-0.3, -0.25) is 4.79 Å². The molecule has 2 rings (SSSR count). The SMILES string of the molecule is CCOC(=O)CCNC(=O)N1CCCn2cncc2C1. The first-order valence-corrected chi connectivity index (χ1v) is 6.88. The standard InChI is InChI=1S/C13H20N4O3/c1-2-20-12(18)4-5-15-13(19)16-6-3-7-17-10-14-8-11(17)9-16/h8,10H,2-7,9H2,1H3,(H,15,19). The summed E-state index contributed by atoms with van der Waals surface area (Å²) >= 11 is 0. The van der Waals surface area contributed by atoms with Crippen LogP contribution in [0.4, 0.5) is 4.79 Å². The van der Waals surface area contributed by atoms with Crippen LogP contribution in [-0.2, 0) is 22.6 Å². The van der Waals surface area contributed by atoms with Crippen LogP contribution in [0.5, 0.6) is 0 Å². The third-order valence-corrected chi connectivity index (χ3v) is 3.18. The number of carbonyl (C=O) groups is 2. The molecule has 2 amide bonds. The van der Waals surface area contributed by atoms with Crippen LogP contribution in [0.3, 0.4) is 0 Å². The van der Waals surface area contributed by atoms with Gasteiger partial charge in [-0.15, -0.1) is 0 Å². The molecular formula is C13H20N4O3. The van der Waals surface area contributed by atoms with Crippen LogP contribution in [0.15, 0.2) is 12.5 Å². The van der Waals surface area contributed by atoms with Crippen molar-refractivity contribution in [2.75, 3.05) is 19.7 Å². The van der Waals surface area contributed by atoms with E-state index in [1.54, 1.807) is 24.3 Å². The molecule has 0 aliphatic carbocycles. The Hall–Kier alpha value is -2.05. The van der Waals surface area contributed by atoms with Crippen LogP contribution in [0.2, 0.25) is 0 Å². The van der Waals surface area contributed by atoms with Crippen molar-refractivity contribution in [3.05, 3.63) is 18.2 Å². The molecule has 0 spiro atoms. The highest BCUT2D eigenvalue weighted by Gasteiger charge is 2.18. The minimum absolute atomic E-state index is 0.149. The Morgan fingerprint density at radius 2 is 2.30 bits per heavy atom. The number of esters is 1. The fourth-order valence-electron chi connectivity index (χ4n) is 2.18. The Labute approximate surface area is 117 Å². The predicted octanol–water partition coefficient (Wildman–Crippen LogP) is 0.752. The van der Waals surface area contributed by atoms with E-state index in [1.165, 1.54) is 0 Å². The van der Waals surface area contributed by atoms with Gasteiger partial charge in [0.1, 0.15) is 0 Å². The Morgan fingerprint density at radius 1 is 1.45 bits per heavy atom. The number of aryl methyl sites for hydroxylation is 1. The molecule has 0 radical (unpaired) electrons. The number of fused-ring (bicyclic) bond motifs is 1. The van der Waals surface area contributed by atoms with Crippen molar-refractivity contribution in [3.63, 3.8) is 0 Å². The van der Waals surface area contributed by atoms with Crippen molar-refractivity contribution in [2.24, 2.45) is 0 Å². The maximum Gasteiger partial charge on any atom is 0.317 e. The molecule has 1 aromatic rings. The van der Waals surface area contributed by atoms with Gasteiger partial charge in [0.15, 0.2) is 0 Å². The van der Waals surface area contributed by atoms with Crippen LogP contribution >= 0.6 is 0 Å². The van der Waals surface area contributed by atoms with Gasteiger partial charge < -0.3 is 19.5 Å². The summed E-state index contributed by atoms with van der Waals surface area (Å²) < 4.78 is 6.87. The number of nitrogens with one attached hydrogen (secondary N) is 1. The van der Waals surface area contributed by atoms with Crippen molar-refractivity contribution >= 4 is 12.0 Å². The first-order valence-electron chi connectivity index (χ1n) is 6.88. The van der Waals surface area contributed by atoms with Crippen molar-refractivity contribution in [3.8, 4) is 0 Å². The first-order chi connectivity index (χ1) is 9.70. The Bertz CT molecular complexity index is 472. The molecule has 7 heteroatoms. The monoisotopic (exact) mass is 280 g/mol. The Kier molecular flexibility index (Phi) is 4.97. The largest absolute Gasteiger partial charge is 0.466 e. The molecule has 110 valence electrons. The van der Waals surface area contributed by atoms with Gasteiger partial charge in [-0.25, -0.2) is 9.78 Å². The highest BCUT2D eigenvalue weighted by Crippen LogP contribution is 2.11. The third-order valence-electron chi connectivity index (χ3n) is 3.18. The number of urea groups is 1. The Balaban J connectivity index is 1.79. The number of rotatable bonds is 4. The zero-order valence-corrected chi connectivity index (χ0v) is 11.7. The van der Waals surface area contributed by atoms with Crippen LogP contribution < -0.4 is 5.32 Å². The maximum atomic E-state index is 12.1. The molecule has 0 aromatic carbocycles. The van der Waals surface area contributed by atoms with E-state index < -0.39 is 0 Å². The van der Waals surface area contributed by atoms with Gasteiger partial charge in [0.05, 0.1) is 31.6 Å². The predicted molar refractivity (Wildman–Crippen MR) is 71.9 cm³/mol. The molecule has 0 fully saturated rings. The minimum atomic E-state index is -0.290. The van der Waals surface area contributed by atoms with Gasteiger partial charge in [-0.05, 0) is 13.3 Å². The summed E-state index contributed by atoms with van der Waals surface area (Å²) in [7, 11) is 0. The molecule has 1 aliphatic heterocycles. The fraction of sp³-hybridized carbons (Fsp3) is 0.615. The average molecular weight is 280 g/mol. The van der Waals surface area contributed by atoms with Gasteiger partial charge in [-0.2, -0.15) is 0 Å². The van der Waals surface area contributed by atoms with Crippen molar-refractivity contribution < 1.29 is 14.3 Å². The van der Waals surface area contributed by atoms with E-state index in [1.807, 2.05) is 0 Å². The number of amides is 2. The highest BCUT2D eigenvalue weighted by atomic mass is 16.5. The molecule has 0 saturated carbocycles. The molecule has 1 N–H and O–H groups in total.